The minimum atomic E-state index is 0.0764. The lowest BCUT2D eigenvalue weighted by atomic mass is 10.1. The van der Waals surface area contributed by atoms with Gasteiger partial charge in [-0.2, -0.15) is 4.98 Å². The summed E-state index contributed by atoms with van der Waals surface area (Å²) in [6.07, 6.45) is 2.63. The van der Waals surface area contributed by atoms with Crippen LogP contribution in [0.5, 0.6) is 0 Å². The van der Waals surface area contributed by atoms with Gasteiger partial charge in [-0.05, 0) is 25.3 Å². The second-order valence-corrected chi connectivity index (χ2v) is 7.78. The van der Waals surface area contributed by atoms with Gasteiger partial charge in [0.2, 0.25) is 11.8 Å². The van der Waals surface area contributed by atoms with Crippen LogP contribution in [0.3, 0.4) is 0 Å². The third-order valence-electron chi connectivity index (χ3n) is 5.72. The molecule has 1 unspecified atom stereocenters. The quantitative estimate of drug-likeness (QED) is 0.699. The number of nitrogens with zero attached hydrogens (tertiary/aromatic N) is 4. The van der Waals surface area contributed by atoms with Crippen LogP contribution in [0, 0.1) is 0 Å². The SMILES string of the molecule is CCC(CC)NC(=O)CN1CCN(C(C)c2nc(Cc3ccccc3)no2)CC1. The first-order valence-electron chi connectivity index (χ1n) is 10.7. The summed E-state index contributed by atoms with van der Waals surface area (Å²) in [6.45, 7) is 10.3. The smallest absolute Gasteiger partial charge is 0.243 e. The van der Waals surface area contributed by atoms with Crippen molar-refractivity contribution in [1.29, 1.82) is 0 Å². The van der Waals surface area contributed by atoms with Crippen LogP contribution in [-0.2, 0) is 11.2 Å². The number of piperazine rings is 1. The fourth-order valence-corrected chi connectivity index (χ4v) is 3.72. The van der Waals surface area contributed by atoms with E-state index in [2.05, 4.69) is 58.2 Å². The zero-order chi connectivity index (χ0) is 20.6. The summed E-state index contributed by atoms with van der Waals surface area (Å²) in [4.78, 5) is 21.4. The van der Waals surface area contributed by atoms with Crippen molar-refractivity contribution in [3.8, 4) is 0 Å². The number of rotatable bonds is 9. The maximum absolute atomic E-state index is 12.2. The highest BCUT2D eigenvalue weighted by atomic mass is 16.5. The van der Waals surface area contributed by atoms with E-state index in [1.54, 1.807) is 0 Å². The number of amides is 1. The topological polar surface area (TPSA) is 74.5 Å². The Morgan fingerprint density at radius 3 is 2.48 bits per heavy atom. The van der Waals surface area contributed by atoms with E-state index in [1.165, 1.54) is 5.56 Å². The molecule has 1 aliphatic rings. The van der Waals surface area contributed by atoms with Crippen LogP contribution >= 0.6 is 0 Å². The minimum absolute atomic E-state index is 0.0764. The van der Waals surface area contributed by atoms with E-state index in [1.807, 2.05) is 18.2 Å². The number of benzene rings is 1. The Morgan fingerprint density at radius 1 is 1.14 bits per heavy atom. The van der Waals surface area contributed by atoms with Crippen molar-refractivity contribution >= 4 is 5.91 Å². The van der Waals surface area contributed by atoms with Crippen molar-refractivity contribution in [2.45, 2.75) is 52.1 Å². The van der Waals surface area contributed by atoms with Gasteiger partial charge in [0.25, 0.3) is 0 Å². The normalized spacial score (nSPS) is 16.8. The van der Waals surface area contributed by atoms with Crippen molar-refractivity contribution in [2.24, 2.45) is 0 Å². The van der Waals surface area contributed by atoms with Crippen molar-refractivity contribution in [3.63, 3.8) is 0 Å². The van der Waals surface area contributed by atoms with Gasteiger partial charge in [-0.25, -0.2) is 0 Å². The number of hydrogen-bond donors (Lipinski definition) is 1. The van der Waals surface area contributed by atoms with Crippen molar-refractivity contribution in [2.75, 3.05) is 32.7 Å². The predicted octanol–water partition coefficient (Wildman–Crippen LogP) is 2.64. The molecule has 2 aromatic rings. The lowest BCUT2D eigenvalue weighted by molar-refractivity contribution is -0.123. The van der Waals surface area contributed by atoms with E-state index >= 15 is 0 Å². The summed E-state index contributed by atoms with van der Waals surface area (Å²) < 4.78 is 5.53. The van der Waals surface area contributed by atoms with E-state index < -0.39 is 0 Å². The Kier molecular flexibility index (Phi) is 7.77. The summed E-state index contributed by atoms with van der Waals surface area (Å²) in [7, 11) is 0. The summed E-state index contributed by atoms with van der Waals surface area (Å²) in [6, 6.07) is 10.5. The van der Waals surface area contributed by atoms with Gasteiger partial charge >= 0.3 is 0 Å². The molecular formula is C22H33N5O2. The Balaban J connectivity index is 1.46. The second-order valence-electron chi connectivity index (χ2n) is 7.78. The maximum atomic E-state index is 12.2. The predicted molar refractivity (Wildman–Crippen MR) is 112 cm³/mol. The van der Waals surface area contributed by atoms with Crippen LogP contribution in [0.25, 0.3) is 0 Å². The van der Waals surface area contributed by atoms with Gasteiger partial charge < -0.3 is 9.84 Å². The van der Waals surface area contributed by atoms with Crippen LogP contribution < -0.4 is 5.32 Å². The average Bonchev–Trinajstić information content (AvgIpc) is 3.21. The zero-order valence-electron chi connectivity index (χ0n) is 17.8. The first-order valence-corrected chi connectivity index (χ1v) is 10.7. The lowest BCUT2D eigenvalue weighted by Gasteiger charge is -2.36. The first kappa shape index (κ1) is 21.5. The van der Waals surface area contributed by atoms with Crippen molar-refractivity contribution in [1.82, 2.24) is 25.3 Å². The molecule has 2 heterocycles. The van der Waals surface area contributed by atoms with Crippen LogP contribution in [0.2, 0.25) is 0 Å². The van der Waals surface area contributed by atoms with E-state index in [0.29, 0.717) is 18.9 Å². The van der Waals surface area contributed by atoms with E-state index in [-0.39, 0.29) is 18.0 Å². The highest BCUT2D eigenvalue weighted by Gasteiger charge is 2.26. The molecule has 1 aliphatic heterocycles. The highest BCUT2D eigenvalue weighted by Crippen LogP contribution is 2.20. The molecule has 0 spiro atoms. The summed E-state index contributed by atoms with van der Waals surface area (Å²) in [5.74, 6) is 1.51. The Hall–Kier alpha value is -2.25. The van der Waals surface area contributed by atoms with E-state index in [9.17, 15) is 4.79 Å². The van der Waals surface area contributed by atoms with Crippen LogP contribution in [0.4, 0.5) is 0 Å². The molecule has 1 aromatic carbocycles. The molecular weight excluding hydrogens is 366 g/mol. The third-order valence-corrected chi connectivity index (χ3v) is 5.72. The van der Waals surface area contributed by atoms with Crippen molar-refractivity contribution < 1.29 is 9.32 Å². The van der Waals surface area contributed by atoms with Gasteiger partial charge in [0.15, 0.2) is 5.82 Å². The number of carbonyl (C=O) groups is 1. The molecule has 0 aliphatic carbocycles. The molecule has 1 N–H and O–H groups in total. The molecule has 7 heteroatoms. The molecule has 1 atom stereocenters. The van der Waals surface area contributed by atoms with Crippen LogP contribution in [0.15, 0.2) is 34.9 Å². The Bertz CT molecular complexity index is 752. The van der Waals surface area contributed by atoms with Gasteiger partial charge in [-0.3, -0.25) is 14.6 Å². The Morgan fingerprint density at radius 2 is 1.83 bits per heavy atom. The minimum Gasteiger partial charge on any atom is -0.352 e. The van der Waals surface area contributed by atoms with E-state index in [4.69, 9.17) is 4.52 Å². The standard InChI is InChI=1S/C22H33N5O2/c1-4-19(5-2)23-21(28)16-26-11-13-27(14-12-26)17(3)22-24-20(25-29-22)15-18-9-7-6-8-10-18/h6-10,17,19H,4-5,11-16H2,1-3H3,(H,23,28). The summed E-state index contributed by atoms with van der Waals surface area (Å²) in [5, 5.41) is 7.27. The van der Waals surface area contributed by atoms with E-state index in [0.717, 1.165) is 44.8 Å². The second kappa shape index (κ2) is 10.5. The monoisotopic (exact) mass is 399 g/mol. The molecule has 1 fully saturated rings. The molecule has 1 amide bonds. The average molecular weight is 400 g/mol. The fraction of sp³-hybridized carbons (Fsp3) is 0.591. The van der Waals surface area contributed by atoms with Crippen LogP contribution in [0.1, 0.15) is 56.9 Å². The van der Waals surface area contributed by atoms with Gasteiger partial charge in [0.1, 0.15) is 0 Å². The van der Waals surface area contributed by atoms with Crippen molar-refractivity contribution in [3.05, 3.63) is 47.6 Å². The summed E-state index contributed by atoms with van der Waals surface area (Å²) >= 11 is 0. The first-order chi connectivity index (χ1) is 14.1. The van der Waals surface area contributed by atoms with Crippen LogP contribution in [-0.4, -0.2) is 64.6 Å². The number of hydrogen-bond acceptors (Lipinski definition) is 6. The highest BCUT2D eigenvalue weighted by molar-refractivity contribution is 5.78. The molecule has 0 saturated carbocycles. The number of aromatic nitrogens is 2. The molecule has 29 heavy (non-hydrogen) atoms. The molecule has 1 saturated heterocycles. The van der Waals surface area contributed by atoms with Gasteiger partial charge in [0.05, 0.1) is 12.6 Å². The lowest BCUT2D eigenvalue weighted by Crippen LogP contribution is -2.50. The fourth-order valence-electron chi connectivity index (χ4n) is 3.72. The Labute approximate surface area is 173 Å². The molecule has 7 nitrogen and oxygen atoms in total. The molecule has 3 rings (SSSR count). The third kappa shape index (κ3) is 6.11. The number of carbonyl (C=O) groups excluding carboxylic acids is 1. The largest absolute Gasteiger partial charge is 0.352 e. The molecule has 158 valence electrons. The molecule has 1 aromatic heterocycles. The maximum Gasteiger partial charge on any atom is 0.243 e. The number of nitrogens with one attached hydrogen (secondary N) is 1. The van der Waals surface area contributed by atoms with Gasteiger partial charge in [0, 0.05) is 38.6 Å². The summed E-state index contributed by atoms with van der Waals surface area (Å²) in [5.41, 5.74) is 1.17. The zero-order valence-corrected chi connectivity index (χ0v) is 17.8. The van der Waals surface area contributed by atoms with Gasteiger partial charge in [-0.15, -0.1) is 0 Å². The molecule has 0 bridgehead atoms. The van der Waals surface area contributed by atoms with Gasteiger partial charge in [-0.1, -0.05) is 49.3 Å². The molecule has 0 radical (unpaired) electrons.